The Morgan fingerprint density at radius 3 is 2.32 bits per heavy atom. The van der Waals surface area contributed by atoms with E-state index in [1.807, 2.05) is 0 Å². The first-order chi connectivity index (χ1) is 11.7. The molecule has 2 aromatic rings. The van der Waals surface area contributed by atoms with Crippen LogP contribution in [0.2, 0.25) is 0 Å². The van der Waals surface area contributed by atoms with Gasteiger partial charge in [0, 0.05) is 6.07 Å². The van der Waals surface area contributed by atoms with Crippen LogP contribution >= 0.6 is 22.6 Å². The molecule has 0 amide bonds. The lowest BCUT2D eigenvalue weighted by atomic mass is 10.2. The molecule has 10 nitrogen and oxygen atoms in total. The van der Waals surface area contributed by atoms with Crippen LogP contribution in [-0.2, 0) is 0 Å². The van der Waals surface area contributed by atoms with Gasteiger partial charge in [0.15, 0.2) is 11.5 Å². The fourth-order valence-corrected chi connectivity index (χ4v) is 2.61. The number of carbonyl (C=O) groups is 1. The predicted octanol–water partition coefficient (Wildman–Crippen LogP) is 3.61. The Kier molecular flexibility index (Phi) is 5.36. The van der Waals surface area contributed by atoms with Crippen LogP contribution in [0, 0.1) is 23.8 Å². The van der Waals surface area contributed by atoms with Crippen LogP contribution in [0.3, 0.4) is 0 Å². The second-order valence-electron chi connectivity index (χ2n) is 4.56. The smallest absolute Gasteiger partial charge is 0.335 e. The lowest BCUT2D eigenvalue weighted by Crippen LogP contribution is -2.02. The van der Waals surface area contributed by atoms with Crippen molar-refractivity contribution in [1.82, 2.24) is 0 Å². The van der Waals surface area contributed by atoms with Crippen LogP contribution < -0.4 is 9.47 Å². The quantitative estimate of drug-likeness (QED) is 0.392. The van der Waals surface area contributed by atoms with Crippen molar-refractivity contribution in [3.05, 3.63) is 59.7 Å². The molecule has 11 heteroatoms. The van der Waals surface area contributed by atoms with Gasteiger partial charge in [0.2, 0.25) is 5.75 Å². The molecule has 0 unspecified atom stereocenters. The van der Waals surface area contributed by atoms with E-state index in [1.54, 1.807) is 22.6 Å². The van der Waals surface area contributed by atoms with Crippen LogP contribution in [0.4, 0.5) is 11.4 Å². The lowest BCUT2D eigenvalue weighted by molar-refractivity contribution is -0.394. The zero-order valence-corrected chi connectivity index (χ0v) is 14.6. The maximum Gasteiger partial charge on any atom is 0.335 e. The van der Waals surface area contributed by atoms with E-state index in [4.69, 9.17) is 14.6 Å². The Bertz CT molecular complexity index is 883. The van der Waals surface area contributed by atoms with Crippen molar-refractivity contribution in [3.63, 3.8) is 0 Å². The number of halogens is 1. The summed E-state index contributed by atoms with van der Waals surface area (Å²) in [7, 11) is 1.29. The largest absolute Gasteiger partial charge is 0.493 e. The van der Waals surface area contributed by atoms with Crippen molar-refractivity contribution in [2.24, 2.45) is 0 Å². The molecule has 0 saturated carbocycles. The number of aromatic carboxylic acids is 1. The van der Waals surface area contributed by atoms with E-state index < -0.39 is 27.2 Å². The number of carboxylic acids is 1. The van der Waals surface area contributed by atoms with Gasteiger partial charge in [-0.25, -0.2) is 4.79 Å². The zero-order chi connectivity index (χ0) is 18.7. The number of benzene rings is 2. The predicted molar refractivity (Wildman–Crippen MR) is 92.5 cm³/mol. The number of nitrogens with zero attached hydrogens (tertiary/aromatic N) is 2. The third kappa shape index (κ3) is 3.93. The molecule has 0 atom stereocenters. The molecule has 0 radical (unpaired) electrons. The average Bonchev–Trinajstić information content (AvgIpc) is 2.55. The number of hydrogen-bond acceptors (Lipinski definition) is 7. The Hall–Kier alpha value is -2.96. The van der Waals surface area contributed by atoms with Crippen LogP contribution in [0.25, 0.3) is 0 Å². The first kappa shape index (κ1) is 18.4. The number of rotatable bonds is 6. The second kappa shape index (κ2) is 7.29. The van der Waals surface area contributed by atoms with Gasteiger partial charge in [-0.1, -0.05) is 0 Å². The van der Waals surface area contributed by atoms with Gasteiger partial charge in [-0.05, 0) is 40.8 Å². The van der Waals surface area contributed by atoms with Gasteiger partial charge in [-0.3, -0.25) is 20.2 Å². The number of carboxylic acid groups (broad SMARTS) is 1. The highest BCUT2D eigenvalue weighted by molar-refractivity contribution is 14.1. The molecular weight excluding hydrogens is 451 g/mol. The second-order valence-corrected chi connectivity index (χ2v) is 5.73. The minimum Gasteiger partial charge on any atom is -0.493 e. The number of nitro benzene ring substituents is 2. The summed E-state index contributed by atoms with van der Waals surface area (Å²) in [6, 6.07) is 5.44. The molecule has 130 valence electrons. The molecule has 1 N–H and O–H groups in total. The first-order valence-corrected chi connectivity index (χ1v) is 7.54. The molecule has 0 aliphatic rings. The van der Waals surface area contributed by atoms with Gasteiger partial charge in [-0.15, -0.1) is 0 Å². The van der Waals surface area contributed by atoms with Crippen molar-refractivity contribution in [2.45, 2.75) is 0 Å². The van der Waals surface area contributed by atoms with Crippen molar-refractivity contribution in [2.75, 3.05) is 7.11 Å². The van der Waals surface area contributed by atoms with Crippen molar-refractivity contribution >= 4 is 39.9 Å². The molecule has 0 aromatic heterocycles. The van der Waals surface area contributed by atoms with Crippen LogP contribution in [0.5, 0.6) is 17.2 Å². The molecular formula is C14H9IN2O8. The third-order valence-corrected chi connectivity index (χ3v) is 3.84. The summed E-state index contributed by atoms with van der Waals surface area (Å²) in [6.45, 7) is 0. The van der Waals surface area contributed by atoms with Gasteiger partial charge in [0.05, 0.1) is 32.2 Å². The van der Waals surface area contributed by atoms with Gasteiger partial charge in [0.25, 0.3) is 5.69 Å². The lowest BCUT2D eigenvalue weighted by Gasteiger charge is -2.13. The number of nitro groups is 2. The SMILES string of the molecule is COc1cc(C(=O)O)cc(I)c1Oc1ccc([N+](=O)[O-])cc1[N+](=O)[O-]. The Morgan fingerprint density at radius 2 is 1.80 bits per heavy atom. The molecule has 0 spiro atoms. The number of non-ortho nitro benzene ring substituents is 1. The van der Waals surface area contributed by atoms with Crippen molar-refractivity contribution in [1.29, 1.82) is 0 Å². The summed E-state index contributed by atoms with van der Waals surface area (Å²) >= 11 is 1.80. The highest BCUT2D eigenvalue weighted by Gasteiger charge is 2.24. The van der Waals surface area contributed by atoms with E-state index in [0.717, 1.165) is 18.2 Å². The topological polar surface area (TPSA) is 142 Å². The minimum atomic E-state index is -1.18. The van der Waals surface area contributed by atoms with Gasteiger partial charge >= 0.3 is 11.7 Å². The molecule has 0 aliphatic carbocycles. The van der Waals surface area contributed by atoms with E-state index in [-0.39, 0.29) is 22.8 Å². The standard InChI is InChI=1S/C14H9IN2O8/c1-24-12-5-7(14(18)19)4-9(15)13(12)25-11-3-2-8(16(20)21)6-10(11)17(22)23/h2-6H,1H3,(H,18,19). The molecule has 25 heavy (non-hydrogen) atoms. The minimum absolute atomic E-state index is 0.0493. The Balaban J connectivity index is 2.54. The summed E-state index contributed by atoms with van der Waals surface area (Å²) in [6.07, 6.45) is 0. The van der Waals surface area contributed by atoms with E-state index in [1.165, 1.54) is 19.2 Å². The number of ether oxygens (including phenoxy) is 2. The molecule has 0 aliphatic heterocycles. The normalized spacial score (nSPS) is 10.2. The molecule has 0 fully saturated rings. The van der Waals surface area contributed by atoms with Crippen molar-refractivity contribution in [3.8, 4) is 17.2 Å². The summed E-state index contributed by atoms with van der Waals surface area (Å²) in [4.78, 5) is 31.4. The molecule has 2 rings (SSSR count). The van der Waals surface area contributed by atoms with E-state index in [2.05, 4.69) is 0 Å². The summed E-state index contributed by atoms with van der Waals surface area (Å²) < 4.78 is 10.9. The van der Waals surface area contributed by atoms with Gasteiger partial charge in [0.1, 0.15) is 0 Å². The number of methoxy groups -OCH3 is 1. The van der Waals surface area contributed by atoms with E-state index >= 15 is 0 Å². The van der Waals surface area contributed by atoms with Gasteiger partial charge < -0.3 is 14.6 Å². The highest BCUT2D eigenvalue weighted by Crippen LogP contribution is 2.41. The maximum atomic E-state index is 11.2. The zero-order valence-electron chi connectivity index (χ0n) is 12.5. The van der Waals surface area contributed by atoms with E-state index in [0.29, 0.717) is 3.57 Å². The molecule has 0 saturated heterocycles. The molecule has 2 aromatic carbocycles. The Morgan fingerprint density at radius 1 is 1.12 bits per heavy atom. The van der Waals surface area contributed by atoms with Crippen LogP contribution in [-0.4, -0.2) is 28.0 Å². The molecule has 0 bridgehead atoms. The van der Waals surface area contributed by atoms with Crippen molar-refractivity contribution < 1.29 is 29.2 Å². The highest BCUT2D eigenvalue weighted by atomic mass is 127. The fraction of sp³-hybridized carbons (Fsp3) is 0.0714. The Labute approximate surface area is 153 Å². The fourth-order valence-electron chi connectivity index (χ4n) is 1.90. The monoisotopic (exact) mass is 460 g/mol. The third-order valence-electron chi connectivity index (χ3n) is 3.04. The van der Waals surface area contributed by atoms with Gasteiger partial charge in [-0.2, -0.15) is 0 Å². The van der Waals surface area contributed by atoms with E-state index in [9.17, 15) is 25.0 Å². The maximum absolute atomic E-state index is 11.2. The molecule has 0 heterocycles. The number of hydrogen-bond donors (Lipinski definition) is 1. The average molecular weight is 460 g/mol. The summed E-state index contributed by atoms with van der Waals surface area (Å²) in [5.74, 6) is -1.30. The van der Waals surface area contributed by atoms with Crippen LogP contribution in [0.1, 0.15) is 10.4 Å². The first-order valence-electron chi connectivity index (χ1n) is 6.46. The summed E-state index contributed by atoms with van der Waals surface area (Å²) in [5.41, 5.74) is -1.11. The summed E-state index contributed by atoms with van der Waals surface area (Å²) in [5, 5.41) is 31.0. The van der Waals surface area contributed by atoms with Crippen LogP contribution in [0.15, 0.2) is 30.3 Å².